The van der Waals surface area contributed by atoms with Crippen LogP contribution in [-0.4, -0.2) is 13.1 Å². The first-order valence-electron chi connectivity index (χ1n) is 13.1. The summed E-state index contributed by atoms with van der Waals surface area (Å²) in [5, 5.41) is 7.34. The third-order valence-electron chi connectivity index (χ3n) is 8.46. The molecule has 4 heteroatoms. The van der Waals surface area contributed by atoms with Gasteiger partial charge in [-0.05, 0) is 83.3 Å². The highest BCUT2D eigenvalue weighted by Gasteiger charge is 2.33. The van der Waals surface area contributed by atoms with Crippen molar-refractivity contribution in [2.75, 3.05) is 17.8 Å². The van der Waals surface area contributed by atoms with Crippen LogP contribution in [0.5, 0.6) is 0 Å². The van der Waals surface area contributed by atoms with Gasteiger partial charge in [-0.2, -0.15) is 0 Å². The molecule has 4 aromatic carbocycles. The average Bonchev–Trinajstić information content (AvgIpc) is 3.08. The Labute approximate surface area is 207 Å². The van der Waals surface area contributed by atoms with Crippen molar-refractivity contribution in [2.45, 2.75) is 46.0 Å². The van der Waals surface area contributed by atoms with Gasteiger partial charge in [0.15, 0.2) is 0 Å². The van der Waals surface area contributed by atoms with Gasteiger partial charge in [-0.1, -0.05) is 67.8 Å². The van der Waals surface area contributed by atoms with Crippen LogP contribution >= 0.6 is 8.16 Å². The lowest BCUT2D eigenvalue weighted by Crippen LogP contribution is -2.40. The van der Waals surface area contributed by atoms with Gasteiger partial charge in [0, 0.05) is 23.9 Å². The topological polar surface area (TPSA) is 29.5 Å². The Hall–Kier alpha value is -2.74. The van der Waals surface area contributed by atoms with E-state index in [1.807, 2.05) is 0 Å². The summed E-state index contributed by atoms with van der Waals surface area (Å²) in [4.78, 5) is 0. The highest BCUT2D eigenvalue weighted by Crippen LogP contribution is 2.46. The summed E-state index contributed by atoms with van der Waals surface area (Å²) in [6.45, 7) is 6.54. The van der Waals surface area contributed by atoms with E-state index in [0.717, 1.165) is 36.1 Å². The van der Waals surface area contributed by atoms with Crippen molar-refractivity contribution in [2.24, 2.45) is 11.8 Å². The van der Waals surface area contributed by atoms with E-state index in [9.17, 15) is 0 Å². The third-order valence-corrected chi connectivity index (χ3v) is 9.97. The lowest BCUT2D eigenvalue weighted by molar-refractivity contribution is 0.205. The van der Waals surface area contributed by atoms with Crippen LogP contribution in [0.25, 0.3) is 43.5 Å². The standard InChI is InChI=1S/C31H32NO2P/c1-20-17-23-10-5-7-13-26(23)28-29-27-14-8-6-11-24(27)18-21(2)31(29)34-35(33-30(20)28)32-16-15-22-9-3-4-12-25(22)19-32/h5-8,10-11,13-14,17-18,22,25H,3-4,9,12,15-16,19H2,1-2H3. The molecule has 2 atom stereocenters. The van der Waals surface area contributed by atoms with Gasteiger partial charge in [-0.3, -0.25) is 0 Å². The van der Waals surface area contributed by atoms with Crippen molar-refractivity contribution in [1.29, 1.82) is 0 Å². The number of fused-ring (bicyclic) bond motifs is 8. The van der Waals surface area contributed by atoms with Gasteiger partial charge in [0.05, 0.1) is 0 Å². The van der Waals surface area contributed by atoms with Gasteiger partial charge in [-0.25, -0.2) is 4.67 Å². The maximum absolute atomic E-state index is 6.97. The molecule has 1 saturated carbocycles. The van der Waals surface area contributed by atoms with Crippen molar-refractivity contribution in [3.05, 3.63) is 71.8 Å². The van der Waals surface area contributed by atoms with E-state index in [0.29, 0.717) is 0 Å². The number of piperidine rings is 1. The normalized spacial score (nSPS) is 21.1. The predicted octanol–water partition coefficient (Wildman–Crippen LogP) is 9.36. The molecule has 0 radical (unpaired) electrons. The number of nitrogens with zero attached hydrogens (tertiary/aromatic N) is 1. The molecule has 0 amide bonds. The summed E-state index contributed by atoms with van der Waals surface area (Å²) in [6, 6.07) is 22.0. The van der Waals surface area contributed by atoms with Crippen LogP contribution in [-0.2, 0) is 0 Å². The first-order valence-corrected chi connectivity index (χ1v) is 14.3. The van der Waals surface area contributed by atoms with E-state index in [2.05, 4.69) is 79.2 Å². The quantitative estimate of drug-likeness (QED) is 0.239. The fourth-order valence-corrected chi connectivity index (χ4v) is 8.36. The van der Waals surface area contributed by atoms with E-state index in [1.165, 1.54) is 75.5 Å². The third kappa shape index (κ3) is 3.51. The van der Waals surface area contributed by atoms with Crippen LogP contribution in [0.15, 0.2) is 69.1 Å². The first kappa shape index (κ1) is 21.5. The Kier molecular flexibility index (Phi) is 5.19. The summed E-state index contributed by atoms with van der Waals surface area (Å²) in [5.41, 5.74) is 4.35. The lowest BCUT2D eigenvalue weighted by Gasteiger charge is -2.39. The van der Waals surface area contributed by atoms with Gasteiger partial charge < -0.3 is 8.39 Å². The molecule has 178 valence electrons. The Morgan fingerprint density at radius 3 is 1.86 bits per heavy atom. The molecule has 2 heterocycles. The number of aryl methyl sites for hydroxylation is 2. The SMILES string of the molecule is Cc1cc2ccccc2c2c1op(N1CCC3CCCCC3C1)oc1c(C)cc3ccccc3c12. The second kappa shape index (κ2) is 8.43. The summed E-state index contributed by atoms with van der Waals surface area (Å²) in [7, 11) is -1.23. The Morgan fingerprint density at radius 1 is 0.714 bits per heavy atom. The molecular weight excluding hydrogens is 449 g/mol. The van der Waals surface area contributed by atoms with Gasteiger partial charge >= 0.3 is 8.16 Å². The molecule has 3 nitrogen and oxygen atoms in total. The van der Waals surface area contributed by atoms with E-state index >= 15 is 0 Å². The molecule has 0 spiro atoms. The fraction of sp³-hybridized carbons (Fsp3) is 0.355. The number of rotatable bonds is 1. The first-order chi connectivity index (χ1) is 17.2. The number of hydrogen-bond acceptors (Lipinski definition) is 3. The van der Waals surface area contributed by atoms with Crippen molar-refractivity contribution in [3.63, 3.8) is 0 Å². The second-order valence-corrected chi connectivity index (χ2v) is 12.1. The van der Waals surface area contributed by atoms with Gasteiger partial charge in [0.1, 0.15) is 11.2 Å². The fourth-order valence-electron chi connectivity index (χ4n) is 6.69. The summed E-state index contributed by atoms with van der Waals surface area (Å²) in [5.74, 6) is 1.67. The molecule has 35 heavy (non-hydrogen) atoms. The minimum Gasteiger partial charge on any atom is -0.407 e. The second-order valence-electron chi connectivity index (χ2n) is 10.7. The van der Waals surface area contributed by atoms with Crippen molar-refractivity contribution >= 4 is 51.6 Å². The molecule has 1 saturated heterocycles. The van der Waals surface area contributed by atoms with Crippen LogP contribution in [0.2, 0.25) is 0 Å². The summed E-state index contributed by atoms with van der Waals surface area (Å²) < 4.78 is 16.5. The average molecular weight is 482 g/mol. The molecule has 7 rings (SSSR count). The van der Waals surface area contributed by atoms with E-state index in [4.69, 9.17) is 8.39 Å². The predicted molar refractivity (Wildman–Crippen MR) is 149 cm³/mol. The summed E-state index contributed by atoms with van der Waals surface area (Å²) >= 11 is 0. The molecule has 1 aromatic heterocycles. The van der Waals surface area contributed by atoms with Gasteiger partial charge in [-0.15, -0.1) is 0 Å². The molecule has 1 aliphatic carbocycles. The van der Waals surface area contributed by atoms with Crippen LogP contribution in [0.4, 0.5) is 0 Å². The minimum atomic E-state index is -1.23. The molecule has 5 aromatic rings. The molecule has 0 N–H and O–H groups in total. The van der Waals surface area contributed by atoms with Crippen LogP contribution in [0.1, 0.15) is 43.2 Å². The molecular formula is C31H32NO2P. The van der Waals surface area contributed by atoms with E-state index in [-0.39, 0.29) is 0 Å². The van der Waals surface area contributed by atoms with Gasteiger partial charge in [0.25, 0.3) is 0 Å². The monoisotopic (exact) mass is 481 g/mol. The Bertz CT molecular complexity index is 1530. The molecule has 2 fully saturated rings. The smallest absolute Gasteiger partial charge is 0.309 e. The minimum absolute atomic E-state index is 0.782. The highest BCUT2D eigenvalue weighted by atomic mass is 31.1. The zero-order valence-electron chi connectivity index (χ0n) is 20.6. The zero-order chi connectivity index (χ0) is 23.5. The highest BCUT2D eigenvalue weighted by molar-refractivity contribution is 7.39. The maximum atomic E-state index is 6.97. The summed E-state index contributed by atoms with van der Waals surface area (Å²) in [6.07, 6.45) is 6.80. The zero-order valence-corrected chi connectivity index (χ0v) is 21.5. The Balaban J connectivity index is 1.60. The molecule has 2 unspecified atom stereocenters. The largest absolute Gasteiger partial charge is 0.407 e. The van der Waals surface area contributed by atoms with E-state index < -0.39 is 8.16 Å². The number of hydrogen-bond donors (Lipinski definition) is 0. The van der Waals surface area contributed by atoms with Gasteiger partial charge in [0.2, 0.25) is 0 Å². The lowest BCUT2D eigenvalue weighted by atomic mass is 9.76. The van der Waals surface area contributed by atoms with Crippen molar-refractivity contribution in [1.82, 2.24) is 0 Å². The van der Waals surface area contributed by atoms with Crippen LogP contribution in [0, 0.1) is 25.7 Å². The van der Waals surface area contributed by atoms with Crippen LogP contribution < -0.4 is 4.67 Å². The number of benzene rings is 4. The van der Waals surface area contributed by atoms with Crippen molar-refractivity contribution < 1.29 is 8.39 Å². The molecule has 1 aliphatic heterocycles. The maximum Gasteiger partial charge on any atom is 0.309 e. The van der Waals surface area contributed by atoms with Crippen molar-refractivity contribution in [3.8, 4) is 0 Å². The van der Waals surface area contributed by atoms with E-state index in [1.54, 1.807) is 0 Å². The molecule has 2 aliphatic rings. The molecule has 0 bridgehead atoms. The Morgan fingerprint density at radius 2 is 1.26 bits per heavy atom. The van der Waals surface area contributed by atoms with Crippen LogP contribution in [0.3, 0.4) is 0 Å².